The van der Waals surface area contributed by atoms with Crippen LogP contribution in [-0.4, -0.2) is 16.0 Å². The van der Waals surface area contributed by atoms with E-state index in [0.717, 1.165) is 5.25 Å². The van der Waals surface area contributed by atoms with E-state index < -0.39 is 22.6 Å². The first-order valence-electron chi connectivity index (χ1n) is 2.37. The van der Waals surface area contributed by atoms with Gasteiger partial charge in [0.05, 0.1) is 12.8 Å². The Bertz CT molecular complexity index is 207. The highest BCUT2D eigenvalue weighted by Crippen LogP contribution is 2.20. The summed E-state index contributed by atoms with van der Waals surface area (Å²) in [6.07, 6.45) is -4.92. The van der Waals surface area contributed by atoms with Gasteiger partial charge in [0.1, 0.15) is 11.2 Å². The number of rotatable bonds is 1. The zero-order valence-electron chi connectivity index (χ0n) is 5.41. The highest BCUT2D eigenvalue weighted by atomic mass is 32.2. The highest BCUT2D eigenvalue weighted by Gasteiger charge is 2.38. The Morgan fingerprint density at radius 1 is 1.17 bits per heavy atom. The van der Waals surface area contributed by atoms with E-state index in [1.54, 1.807) is 0 Å². The lowest BCUT2D eigenvalue weighted by atomic mass is 10.7. The van der Waals surface area contributed by atoms with Gasteiger partial charge in [-0.3, -0.25) is 0 Å². The fraction of sp³-hybridized carbons (Fsp3) is 0.400. The summed E-state index contributed by atoms with van der Waals surface area (Å²) in [4.78, 5) is 0. The number of hydrogen-bond donors (Lipinski definition) is 0. The summed E-state index contributed by atoms with van der Waals surface area (Å²) in [5.41, 5.74) is 0. The van der Waals surface area contributed by atoms with Crippen LogP contribution in [0.2, 0.25) is 0 Å². The molecule has 1 nitrogen and oxygen atoms in total. The number of alkyl halides is 5. The minimum atomic E-state index is -4.92. The molecule has 0 bridgehead atoms. The molecule has 0 amide bonds. The van der Waals surface area contributed by atoms with Crippen LogP contribution in [0.15, 0.2) is 0 Å². The van der Waals surface area contributed by atoms with Crippen LogP contribution in [0.25, 0.3) is 0 Å². The van der Waals surface area contributed by atoms with Crippen molar-refractivity contribution in [3.63, 3.8) is 0 Å². The minimum Gasteiger partial charge on any atom is -0.599 e. The molecule has 1 atom stereocenters. The third-order valence-electron chi connectivity index (χ3n) is 0.557. The predicted octanol–water partition coefficient (Wildman–Crippen LogP) is 1.69. The summed E-state index contributed by atoms with van der Waals surface area (Å²) < 4.78 is 67.4. The third-order valence-corrected chi connectivity index (χ3v) is 1.39. The maximum atomic E-state index is 11.8. The molecule has 0 aliphatic heterocycles. The van der Waals surface area contributed by atoms with E-state index in [4.69, 9.17) is 0 Å². The number of hydrogen-bond acceptors (Lipinski definition) is 1. The third kappa shape index (κ3) is 5.21. The second-order valence-corrected chi connectivity index (χ2v) is 2.97. The maximum absolute atomic E-state index is 11.8. The summed E-state index contributed by atoms with van der Waals surface area (Å²) in [5.74, 6) is 0.458. The summed E-state index contributed by atoms with van der Waals surface area (Å²) in [6.45, 7) is 2.07. The van der Waals surface area contributed by atoms with E-state index in [2.05, 4.69) is 6.92 Å². The lowest BCUT2D eigenvalue weighted by Gasteiger charge is -2.08. The van der Waals surface area contributed by atoms with Crippen molar-refractivity contribution < 1.29 is 26.5 Å². The molecule has 7 heteroatoms. The summed E-state index contributed by atoms with van der Waals surface area (Å²) in [6, 6.07) is 0. The SMILES string of the molecule is [CH2]C(F)(F)[S+]([O-])C#CC(F)(F)F. The molecule has 69 valence electrons. The monoisotopic (exact) mass is 205 g/mol. The summed E-state index contributed by atoms with van der Waals surface area (Å²) in [5, 5.41) is -3.13. The van der Waals surface area contributed by atoms with Crippen molar-refractivity contribution >= 4 is 11.2 Å². The molecule has 0 aliphatic rings. The van der Waals surface area contributed by atoms with E-state index in [-0.39, 0.29) is 0 Å². The molecular weight excluding hydrogens is 203 g/mol. The maximum Gasteiger partial charge on any atom is 0.462 e. The van der Waals surface area contributed by atoms with Crippen molar-refractivity contribution in [1.29, 1.82) is 0 Å². The van der Waals surface area contributed by atoms with Crippen molar-refractivity contribution in [2.24, 2.45) is 0 Å². The molecule has 0 aromatic heterocycles. The Labute approximate surface area is 68.1 Å². The van der Waals surface area contributed by atoms with Gasteiger partial charge < -0.3 is 4.55 Å². The average molecular weight is 205 g/mol. The quantitative estimate of drug-likeness (QED) is 0.363. The lowest BCUT2D eigenvalue weighted by Crippen LogP contribution is -2.23. The van der Waals surface area contributed by atoms with E-state index in [9.17, 15) is 26.5 Å². The van der Waals surface area contributed by atoms with Crippen LogP contribution >= 0.6 is 0 Å². The van der Waals surface area contributed by atoms with Gasteiger partial charge in [-0.2, -0.15) is 22.0 Å². The fourth-order valence-corrected chi connectivity index (χ4v) is 0.537. The first-order valence-corrected chi connectivity index (χ1v) is 3.52. The van der Waals surface area contributed by atoms with Crippen LogP contribution in [0.5, 0.6) is 0 Å². The van der Waals surface area contributed by atoms with Gasteiger partial charge in [0.15, 0.2) is 5.25 Å². The van der Waals surface area contributed by atoms with Crippen molar-refractivity contribution in [2.45, 2.75) is 11.4 Å². The Morgan fingerprint density at radius 3 is 1.83 bits per heavy atom. The molecule has 0 saturated heterocycles. The summed E-state index contributed by atoms with van der Waals surface area (Å²) >= 11 is -3.21. The van der Waals surface area contributed by atoms with Crippen LogP contribution in [0.3, 0.4) is 0 Å². The molecule has 0 aromatic rings. The lowest BCUT2D eigenvalue weighted by molar-refractivity contribution is -0.0696. The standard InChI is InChI=1S/C5H2F5OS/c1-4(6,7)12(11)3-2-5(8,9)10/h1H2. The van der Waals surface area contributed by atoms with Gasteiger partial charge in [0.25, 0.3) is 0 Å². The van der Waals surface area contributed by atoms with E-state index in [1.807, 2.05) is 0 Å². The normalized spacial score (nSPS) is 14.9. The van der Waals surface area contributed by atoms with E-state index in [1.165, 1.54) is 0 Å². The second kappa shape index (κ2) is 3.49. The average Bonchev–Trinajstić information content (AvgIpc) is 1.78. The predicted molar refractivity (Wildman–Crippen MR) is 32.3 cm³/mol. The Balaban J connectivity index is 4.34. The molecular formula is C5H2F5OS. The van der Waals surface area contributed by atoms with Gasteiger partial charge in [-0.1, -0.05) is 0 Å². The molecule has 0 spiro atoms. The molecule has 0 saturated carbocycles. The zero-order valence-corrected chi connectivity index (χ0v) is 6.23. The molecule has 1 radical (unpaired) electrons. The molecule has 0 fully saturated rings. The van der Waals surface area contributed by atoms with Crippen molar-refractivity contribution in [3.8, 4) is 11.2 Å². The topological polar surface area (TPSA) is 23.1 Å². The van der Waals surface area contributed by atoms with Crippen LogP contribution in [-0.2, 0) is 11.2 Å². The molecule has 12 heavy (non-hydrogen) atoms. The van der Waals surface area contributed by atoms with E-state index >= 15 is 0 Å². The van der Waals surface area contributed by atoms with Gasteiger partial charge >= 0.3 is 11.4 Å². The van der Waals surface area contributed by atoms with Crippen LogP contribution in [0.4, 0.5) is 22.0 Å². The molecule has 0 N–H and O–H groups in total. The molecule has 0 rings (SSSR count). The fourth-order valence-electron chi connectivity index (χ4n) is 0.179. The Morgan fingerprint density at radius 2 is 1.58 bits per heavy atom. The highest BCUT2D eigenvalue weighted by molar-refractivity contribution is 7.97. The zero-order chi connectivity index (χ0) is 9.99. The summed E-state index contributed by atoms with van der Waals surface area (Å²) in [7, 11) is 0. The van der Waals surface area contributed by atoms with Crippen molar-refractivity contribution in [3.05, 3.63) is 6.92 Å². The van der Waals surface area contributed by atoms with Crippen LogP contribution in [0, 0.1) is 18.1 Å². The number of halogens is 5. The Hall–Kier alpha value is -0.480. The van der Waals surface area contributed by atoms with Gasteiger partial charge in [-0.15, -0.1) is 0 Å². The first kappa shape index (κ1) is 11.5. The van der Waals surface area contributed by atoms with Crippen LogP contribution < -0.4 is 0 Å². The first-order chi connectivity index (χ1) is 5.13. The van der Waals surface area contributed by atoms with Crippen molar-refractivity contribution in [1.82, 2.24) is 0 Å². The molecule has 0 aromatic carbocycles. The van der Waals surface area contributed by atoms with Gasteiger partial charge in [0.2, 0.25) is 0 Å². The largest absolute Gasteiger partial charge is 0.599 e. The van der Waals surface area contributed by atoms with Gasteiger partial charge in [0, 0.05) is 0 Å². The Kier molecular flexibility index (Phi) is 3.35. The molecule has 0 aliphatic carbocycles. The molecule has 1 unspecified atom stereocenters. The van der Waals surface area contributed by atoms with Gasteiger partial charge in [-0.25, -0.2) is 0 Å². The molecule has 0 heterocycles. The van der Waals surface area contributed by atoms with E-state index in [0.29, 0.717) is 5.92 Å². The smallest absolute Gasteiger partial charge is 0.462 e. The second-order valence-electron chi connectivity index (χ2n) is 1.63. The minimum absolute atomic E-state index is 0.458. The van der Waals surface area contributed by atoms with Crippen LogP contribution in [0.1, 0.15) is 0 Å². The van der Waals surface area contributed by atoms with Crippen molar-refractivity contribution in [2.75, 3.05) is 0 Å². The van der Waals surface area contributed by atoms with Gasteiger partial charge in [-0.05, 0) is 0 Å².